The molecule has 2 N–H and O–H groups in total. The molecule has 0 aliphatic rings. The topological polar surface area (TPSA) is 57.5 Å². The van der Waals surface area contributed by atoms with Crippen LogP contribution in [0.3, 0.4) is 0 Å². The number of hydrogen-bond acceptors (Lipinski definition) is 2. The number of rotatable bonds is 9. The quantitative estimate of drug-likeness (QED) is 0.583. The van der Waals surface area contributed by atoms with E-state index in [0.717, 1.165) is 44.1 Å². The van der Waals surface area contributed by atoms with Gasteiger partial charge in [-0.25, -0.2) is 0 Å². The van der Waals surface area contributed by atoms with E-state index in [2.05, 4.69) is 26.8 Å². The van der Waals surface area contributed by atoms with Gasteiger partial charge in [0.15, 0.2) is 0 Å². The molecule has 1 aromatic rings. The number of aromatic hydroxyl groups is 1. The second-order valence-corrected chi connectivity index (χ2v) is 8.24. The van der Waals surface area contributed by atoms with E-state index in [9.17, 15) is 15.0 Å². The van der Waals surface area contributed by atoms with E-state index in [1.165, 1.54) is 5.56 Å². The highest BCUT2D eigenvalue weighted by Gasteiger charge is 2.20. The van der Waals surface area contributed by atoms with Gasteiger partial charge in [0.1, 0.15) is 5.75 Å². The lowest BCUT2D eigenvalue weighted by Crippen LogP contribution is -2.19. The number of hydrogen-bond donors (Lipinski definition) is 2. The van der Waals surface area contributed by atoms with E-state index < -0.39 is 5.97 Å². The number of carboxylic acids is 1. The third-order valence-electron chi connectivity index (χ3n) is 4.72. The summed E-state index contributed by atoms with van der Waals surface area (Å²) in [6, 6.07) is 6.03. The van der Waals surface area contributed by atoms with Crippen molar-refractivity contribution in [3.8, 4) is 5.75 Å². The maximum atomic E-state index is 11.2. The fraction of sp³-hybridized carbons (Fsp3) is 0.667. The molecule has 0 heterocycles. The molecule has 1 atom stereocenters. The SMILES string of the molecule is CC(C)C(CCCCCCc1ccc(C(C)(C)C)c(O)c1)C(=O)O. The summed E-state index contributed by atoms with van der Waals surface area (Å²) in [7, 11) is 0. The summed E-state index contributed by atoms with van der Waals surface area (Å²) < 4.78 is 0. The number of phenols is 1. The maximum Gasteiger partial charge on any atom is 0.306 e. The Morgan fingerprint density at radius 2 is 1.71 bits per heavy atom. The third kappa shape index (κ3) is 6.54. The van der Waals surface area contributed by atoms with Gasteiger partial charge in [0, 0.05) is 0 Å². The van der Waals surface area contributed by atoms with Crippen LogP contribution in [0.4, 0.5) is 0 Å². The summed E-state index contributed by atoms with van der Waals surface area (Å²) in [4.78, 5) is 11.2. The molecule has 24 heavy (non-hydrogen) atoms. The normalized spacial score (nSPS) is 13.2. The predicted molar refractivity (Wildman–Crippen MR) is 99.6 cm³/mol. The van der Waals surface area contributed by atoms with Gasteiger partial charge in [0.25, 0.3) is 0 Å². The zero-order valence-corrected chi connectivity index (χ0v) is 15.9. The Morgan fingerprint density at radius 1 is 1.08 bits per heavy atom. The van der Waals surface area contributed by atoms with Crippen molar-refractivity contribution in [1.29, 1.82) is 0 Å². The largest absolute Gasteiger partial charge is 0.508 e. The Kier molecular flexibility index (Phi) is 7.78. The van der Waals surface area contributed by atoms with E-state index in [0.29, 0.717) is 5.75 Å². The lowest BCUT2D eigenvalue weighted by molar-refractivity contribution is -0.143. The van der Waals surface area contributed by atoms with Gasteiger partial charge >= 0.3 is 5.97 Å². The van der Waals surface area contributed by atoms with Crippen molar-refractivity contribution in [2.75, 3.05) is 0 Å². The van der Waals surface area contributed by atoms with Crippen LogP contribution in [-0.2, 0) is 16.6 Å². The minimum absolute atomic E-state index is 0.0420. The number of phenolic OH excluding ortho intramolecular Hbond substituents is 1. The van der Waals surface area contributed by atoms with Crippen molar-refractivity contribution in [3.05, 3.63) is 29.3 Å². The van der Waals surface area contributed by atoms with Crippen LogP contribution in [-0.4, -0.2) is 16.2 Å². The molecule has 0 fully saturated rings. The van der Waals surface area contributed by atoms with E-state index in [1.807, 2.05) is 26.0 Å². The molecule has 1 unspecified atom stereocenters. The first-order valence-corrected chi connectivity index (χ1v) is 9.18. The summed E-state index contributed by atoms with van der Waals surface area (Å²) in [6.45, 7) is 10.3. The van der Waals surface area contributed by atoms with E-state index in [-0.39, 0.29) is 17.3 Å². The molecule has 0 radical (unpaired) electrons. The molecule has 3 nitrogen and oxygen atoms in total. The van der Waals surface area contributed by atoms with Gasteiger partial charge < -0.3 is 10.2 Å². The summed E-state index contributed by atoms with van der Waals surface area (Å²) in [5.74, 6) is -0.292. The van der Waals surface area contributed by atoms with E-state index >= 15 is 0 Å². The van der Waals surface area contributed by atoms with Crippen LogP contribution in [0.15, 0.2) is 18.2 Å². The Balaban J connectivity index is 2.34. The molecule has 0 bridgehead atoms. The van der Waals surface area contributed by atoms with Crippen molar-refractivity contribution >= 4 is 5.97 Å². The molecule has 1 rings (SSSR count). The van der Waals surface area contributed by atoms with Crippen molar-refractivity contribution < 1.29 is 15.0 Å². The summed E-state index contributed by atoms with van der Waals surface area (Å²) >= 11 is 0. The number of aliphatic carboxylic acids is 1. The number of carboxylic acid groups (broad SMARTS) is 1. The van der Waals surface area contributed by atoms with Crippen LogP contribution in [0.2, 0.25) is 0 Å². The Labute approximate surface area is 147 Å². The van der Waals surface area contributed by atoms with Gasteiger partial charge in [0.2, 0.25) is 0 Å². The Bertz CT molecular complexity index is 526. The minimum atomic E-state index is -0.667. The summed E-state index contributed by atoms with van der Waals surface area (Å²) in [6.07, 6.45) is 5.96. The van der Waals surface area contributed by atoms with E-state index in [1.54, 1.807) is 0 Å². The zero-order valence-electron chi connectivity index (χ0n) is 15.9. The zero-order chi connectivity index (χ0) is 18.3. The van der Waals surface area contributed by atoms with Gasteiger partial charge in [-0.1, -0.05) is 66.0 Å². The molecular formula is C21H34O3. The second-order valence-electron chi connectivity index (χ2n) is 8.24. The molecule has 0 amide bonds. The van der Waals surface area contributed by atoms with Crippen LogP contribution >= 0.6 is 0 Å². The van der Waals surface area contributed by atoms with Gasteiger partial charge in [-0.05, 0) is 47.8 Å². The summed E-state index contributed by atoms with van der Waals surface area (Å²) in [5.41, 5.74) is 2.12. The standard InChI is InChI=1S/C21H34O3/c1-15(2)17(20(23)24)11-9-7-6-8-10-16-12-13-18(19(22)14-16)21(3,4)5/h12-15,17,22H,6-11H2,1-5H3,(H,23,24). The lowest BCUT2D eigenvalue weighted by Gasteiger charge is -2.20. The highest BCUT2D eigenvalue weighted by atomic mass is 16.4. The van der Waals surface area contributed by atoms with Crippen molar-refractivity contribution in [3.63, 3.8) is 0 Å². The first kappa shape index (κ1) is 20.5. The first-order chi connectivity index (χ1) is 11.1. The third-order valence-corrected chi connectivity index (χ3v) is 4.72. The van der Waals surface area contributed by atoms with Crippen LogP contribution in [0, 0.1) is 11.8 Å². The fourth-order valence-electron chi connectivity index (χ4n) is 3.16. The highest BCUT2D eigenvalue weighted by Crippen LogP contribution is 2.31. The van der Waals surface area contributed by atoms with Crippen molar-refractivity contribution in [2.24, 2.45) is 11.8 Å². The summed E-state index contributed by atoms with van der Waals surface area (Å²) in [5, 5.41) is 19.4. The lowest BCUT2D eigenvalue weighted by atomic mass is 9.85. The molecule has 136 valence electrons. The van der Waals surface area contributed by atoms with Crippen LogP contribution < -0.4 is 0 Å². The number of carbonyl (C=O) groups is 1. The molecule has 3 heteroatoms. The fourth-order valence-corrected chi connectivity index (χ4v) is 3.16. The molecule has 0 spiro atoms. The van der Waals surface area contributed by atoms with Gasteiger partial charge in [-0.2, -0.15) is 0 Å². The highest BCUT2D eigenvalue weighted by molar-refractivity contribution is 5.70. The maximum absolute atomic E-state index is 11.2. The van der Waals surface area contributed by atoms with Crippen LogP contribution in [0.1, 0.15) is 77.8 Å². The van der Waals surface area contributed by atoms with Crippen molar-refractivity contribution in [2.45, 2.75) is 78.6 Å². The Morgan fingerprint density at radius 3 is 2.21 bits per heavy atom. The molecular weight excluding hydrogens is 300 g/mol. The smallest absolute Gasteiger partial charge is 0.306 e. The van der Waals surface area contributed by atoms with Crippen molar-refractivity contribution in [1.82, 2.24) is 0 Å². The molecule has 1 aromatic carbocycles. The molecule has 0 saturated heterocycles. The van der Waals surface area contributed by atoms with Crippen LogP contribution in [0.5, 0.6) is 5.75 Å². The average Bonchev–Trinajstić information content (AvgIpc) is 2.44. The molecule has 0 aromatic heterocycles. The van der Waals surface area contributed by atoms with Gasteiger partial charge in [-0.3, -0.25) is 4.79 Å². The second kappa shape index (κ2) is 9.10. The number of aryl methyl sites for hydroxylation is 1. The monoisotopic (exact) mass is 334 g/mol. The predicted octanol–water partition coefficient (Wildman–Crippen LogP) is 5.54. The van der Waals surface area contributed by atoms with Gasteiger partial charge in [0.05, 0.1) is 5.92 Å². The minimum Gasteiger partial charge on any atom is -0.508 e. The molecule has 0 aliphatic heterocycles. The van der Waals surface area contributed by atoms with Gasteiger partial charge in [-0.15, -0.1) is 0 Å². The van der Waals surface area contributed by atoms with E-state index in [4.69, 9.17) is 0 Å². The number of unbranched alkanes of at least 4 members (excludes halogenated alkanes) is 3. The first-order valence-electron chi connectivity index (χ1n) is 9.18. The Hall–Kier alpha value is -1.51. The average molecular weight is 335 g/mol. The molecule has 0 saturated carbocycles. The number of benzene rings is 1. The van der Waals surface area contributed by atoms with Crippen LogP contribution in [0.25, 0.3) is 0 Å². The molecule has 0 aliphatic carbocycles.